The van der Waals surface area contributed by atoms with Crippen LogP contribution in [0.1, 0.15) is 99.7 Å². The average Bonchev–Trinajstić information content (AvgIpc) is 0.860. The monoisotopic (exact) mass is 2260 g/mol. The summed E-state index contributed by atoms with van der Waals surface area (Å²) < 4.78 is 77.6. The standard InChI is InChI=1S/2C20H26N2O4.C11H16N2O2.C11H18N2O.C11H15NO2.C9H9ClO3.C9H10O4.C7H6O2.C3H8ClN.C2H6.CH5N.CH2O3.Cl2OS.ClH.2K.H/c2*1-22(2)11-12-26-17-8-5-15(6-9-17)14-21-20(23)16-7-10-18(24-3)19(13-16)25-4;1-13(2)7-8-15-11-5-3-10(4-6-11)9-12-14;1-13(2)7-8-14-11-5-3-10(9-12)4-6-11;1-12(2)7-8-14-11-5-3-10(9-13)4-6-11;2*1-12-7-4-3-6(9(10)11)5-8(7)13-2;8-5-6-1-3-7(9)4-2-6;1-5-3-2-4;2*1-2;2-1-4-3;1-4(2)3;;;;/h2*5-10,13H,11-12,14H2,1-4H3,(H,21,23);3-6,9,14H,7-8H2,1-2H3;3-6H,7-9,12H2,1-2H3;3-6,9H,7-8H2,1-2H3;3-5H,1-2H3;3-5H,1-2H3,(H,10,11);1-5,9H;5H,2-3H2,1H3;1-2H3;2H2,1H3;1,3H;;1H;;;/q;;;;;;;;;;;;;;2*+1;-1/p-1. The van der Waals surface area contributed by atoms with Crippen LogP contribution in [0, 0.1) is 0 Å². The summed E-state index contributed by atoms with van der Waals surface area (Å²) in [6.45, 7) is 13.9. The average molecular weight is 2270 g/mol. The SMILES string of the molecule is CC.CN.CN(C)CCOc1ccc(C=NO)cc1.CN(C)CCOc1ccc(C=O)cc1.CN(C)CCOc1ccc(CN)cc1.CNCCCl.COc1ccc(C(=O)Cl)cc1OC.COc1ccc(C(=O)NCc2ccc(OCCN(C)C)cc2)cc1OC.COc1ccc(C(=O)NCc2ccc(OCCN(C)C)cc2)cc1OC.COc1ccc(C(=O)O)cc1OC.Cl.O=CO[O-].O=Cc1ccc(O)cc1.O=S(Cl)Cl.[H-].[K+].[K+]. The number of nitrogens with one attached hydrogen (secondary N) is 3. The van der Waals surface area contributed by atoms with E-state index in [1.54, 1.807) is 119 Å². The van der Waals surface area contributed by atoms with Gasteiger partial charge in [0.05, 0.1) is 68.7 Å². The van der Waals surface area contributed by atoms with Gasteiger partial charge in [0.1, 0.15) is 80.1 Å². The minimum absolute atomic E-state index is 0. The van der Waals surface area contributed by atoms with Gasteiger partial charge in [0.2, 0.25) is 9.23 Å². The molecule has 0 aliphatic heterocycles. The number of benzene rings is 10. The first-order valence-electron chi connectivity index (χ1n) is 45.0. The number of aromatic hydroxyl groups is 1. The second-order valence-corrected chi connectivity index (χ2v) is 33.2. The van der Waals surface area contributed by atoms with Gasteiger partial charge in [-0.3, -0.25) is 28.8 Å². The Morgan fingerprint density at radius 1 is 0.420 bits per heavy atom. The summed E-state index contributed by atoms with van der Waals surface area (Å²) in [5, 5.41) is 45.3. The zero-order valence-electron chi connectivity index (χ0n) is 91.1. The summed E-state index contributed by atoms with van der Waals surface area (Å²) in [6.07, 6.45) is 2.94. The minimum Gasteiger partial charge on any atom is -1.00 e. The summed E-state index contributed by atoms with van der Waals surface area (Å²) in [5.41, 5.74) is 16.8. The van der Waals surface area contributed by atoms with Crippen LogP contribution in [0.5, 0.6) is 80.5 Å². The van der Waals surface area contributed by atoms with E-state index >= 15 is 0 Å². The van der Waals surface area contributed by atoms with E-state index in [0.29, 0.717) is 126 Å². The fraction of sp³-hybridized carbons (Fsp3) is 0.352. The maximum absolute atomic E-state index is 12.3. The number of nitrogens with zero attached hydrogens (tertiary/aromatic N) is 6. The minimum atomic E-state index is -1.67. The molecule has 2 amide bonds. The maximum atomic E-state index is 12.3. The van der Waals surface area contributed by atoms with E-state index in [1.165, 1.54) is 72.0 Å². The number of aromatic carboxylic acids is 1. The number of phenols is 1. The van der Waals surface area contributed by atoms with Crippen molar-refractivity contribution in [2.24, 2.45) is 16.6 Å². The molecule has 0 atom stereocenters. The Bertz CT molecular complexity index is 5040. The van der Waals surface area contributed by atoms with Gasteiger partial charge in [-0.25, -0.2) is 9.00 Å². The second kappa shape index (κ2) is 97.5. The zero-order chi connectivity index (χ0) is 111. The molecule has 0 aromatic heterocycles. The molecule has 0 spiro atoms. The number of carboxylic acid groups (broad SMARTS) is 1. The number of carbonyl (C=O) groups excluding carboxylic acids is 6. The molecule has 10 aromatic carbocycles. The Kier molecular flexibility index (Phi) is 98.1. The summed E-state index contributed by atoms with van der Waals surface area (Å²) in [5.74, 6) is 7.99. The van der Waals surface area contributed by atoms with Crippen LogP contribution in [0.25, 0.3) is 0 Å². The molecule has 0 heterocycles. The number of nitrogens with two attached hydrogens (primary N) is 2. The number of carboxylic acids is 1. The number of methoxy groups -OCH3 is 8. The Morgan fingerprint density at radius 3 is 0.880 bits per heavy atom. The molecular weight excluding hydrogens is 2120 g/mol. The van der Waals surface area contributed by atoms with Gasteiger partial charge in [-0.2, -0.15) is 0 Å². The number of aldehydes is 2. The van der Waals surface area contributed by atoms with Crippen molar-refractivity contribution in [3.8, 4) is 80.5 Å². The third-order valence-electron chi connectivity index (χ3n) is 18.0. The molecular formula is C105H148Cl5K2N11O26S. The van der Waals surface area contributed by atoms with Gasteiger partial charge in [-0.15, -0.1) is 24.0 Å². The first kappa shape index (κ1) is 151. The number of hydrogen-bond acceptors (Lipinski definition) is 34. The van der Waals surface area contributed by atoms with Crippen LogP contribution in [-0.2, 0) is 38.5 Å². The molecule has 0 aliphatic rings. The van der Waals surface area contributed by atoms with E-state index in [-0.39, 0.29) is 146 Å². The predicted molar refractivity (Wildman–Crippen MR) is 588 cm³/mol. The molecule has 0 saturated carbocycles. The van der Waals surface area contributed by atoms with Gasteiger partial charge in [-0.05, 0) is 300 Å². The summed E-state index contributed by atoms with van der Waals surface area (Å²) in [6, 6.07) is 63.2. The van der Waals surface area contributed by atoms with Crippen LogP contribution in [0.3, 0.4) is 0 Å². The normalized spacial score (nSPS) is 9.59. The molecule has 0 radical (unpaired) electrons. The fourth-order valence-electron chi connectivity index (χ4n) is 10.3. The van der Waals surface area contributed by atoms with E-state index < -0.39 is 20.4 Å². The van der Waals surface area contributed by atoms with Gasteiger partial charge in [-0.1, -0.05) is 55.4 Å². The van der Waals surface area contributed by atoms with Gasteiger partial charge in [0.25, 0.3) is 23.5 Å². The van der Waals surface area contributed by atoms with Crippen molar-refractivity contribution in [3.05, 3.63) is 274 Å². The van der Waals surface area contributed by atoms with Gasteiger partial charge in [0, 0.05) is 114 Å². The Morgan fingerprint density at radius 2 is 0.660 bits per heavy atom. The van der Waals surface area contributed by atoms with Crippen LogP contribution in [-0.4, -0.2) is 312 Å². The molecule has 0 fully saturated rings. The number of carbonyl (C=O) groups is 7. The number of ether oxygens (including phenoxy) is 13. The van der Waals surface area contributed by atoms with E-state index in [0.717, 1.165) is 109 Å². The molecule has 0 bridgehead atoms. The zero-order valence-corrected chi connectivity index (χ0v) is 101. The fourth-order valence-corrected chi connectivity index (χ4v) is 10.6. The first-order valence-corrected chi connectivity index (χ1v) is 48.7. The van der Waals surface area contributed by atoms with E-state index in [4.69, 9.17) is 120 Å². The Labute approximate surface area is 997 Å². The molecule has 10 N–H and O–H groups in total. The van der Waals surface area contributed by atoms with Crippen molar-refractivity contribution in [3.63, 3.8) is 0 Å². The van der Waals surface area contributed by atoms with Crippen molar-refractivity contribution >= 4 is 114 Å². The Hall–Kier alpha value is -9.73. The number of hydrogen-bond donors (Lipinski definition) is 8. The summed E-state index contributed by atoms with van der Waals surface area (Å²) in [4.78, 5) is 88.0. The molecule has 45 heteroatoms. The number of rotatable bonds is 43. The Balaban J connectivity index is -0.000000311. The number of halogens is 5. The van der Waals surface area contributed by atoms with Crippen LogP contribution in [0.2, 0.25) is 0 Å². The molecule has 10 rings (SSSR count). The third kappa shape index (κ3) is 75.1. The number of likely N-dealkylation sites (N-methyl/N-ethyl adjacent to an activating group) is 5. The number of amides is 2. The van der Waals surface area contributed by atoms with Crippen LogP contribution in [0.4, 0.5) is 0 Å². The topological polar surface area (TPSA) is 466 Å². The van der Waals surface area contributed by atoms with Crippen molar-refractivity contribution in [1.29, 1.82) is 0 Å². The van der Waals surface area contributed by atoms with Gasteiger partial charge < -0.3 is 140 Å². The van der Waals surface area contributed by atoms with Crippen LogP contribution in [0.15, 0.2) is 224 Å². The molecule has 0 aliphatic carbocycles. The first-order chi connectivity index (χ1) is 70.5. The summed E-state index contributed by atoms with van der Waals surface area (Å²) in [7, 11) is 43.0. The van der Waals surface area contributed by atoms with Crippen LogP contribution < -0.4 is 197 Å². The van der Waals surface area contributed by atoms with Crippen molar-refractivity contribution in [2.75, 3.05) is 220 Å². The second-order valence-electron chi connectivity index (χ2n) is 30.0. The molecule has 10 aromatic rings. The van der Waals surface area contributed by atoms with Crippen molar-refractivity contribution < 1.29 is 229 Å². The van der Waals surface area contributed by atoms with Crippen LogP contribution >= 0.6 is 57.0 Å². The van der Waals surface area contributed by atoms with Gasteiger partial charge >= 0.3 is 109 Å². The van der Waals surface area contributed by atoms with Crippen molar-refractivity contribution in [1.82, 2.24) is 40.4 Å². The number of phenolic OH excluding ortho intramolecular Hbond substituents is 1. The quantitative estimate of drug-likeness (QED) is 0.00258. The summed E-state index contributed by atoms with van der Waals surface area (Å²) >= 11 is 10.5. The third-order valence-corrected chi connectivity index (χ3v) is 18.4. The maximum Gasteiger partial charge on any atom is 1.00 e. The number of oxime groups is 1. The predicted octanol–water partition coefficient (Wildman–Crippen LogP) is 8.86. The van der Waals surface area contributed by atoms with E-state index in [2.05, 4.69) is 77.6 Å². The number of alkyl halides is 1. The molecule has 37 nitrogen and oxygen atoms in total. The van der Waals surface area contributed by atoms with Crippen molar-refractivity contribution in [2.45, 2.75) is 33.5 Å². The van der Waals surface area contributed by atoms with Gasteiger partial charge in [0.15, 0.2) is 46.0 Å². The molecule has 0 unspecified atom stereocenters. The van der Waals surface area contributed by atoms with E-state index in [9.17, 15) is 28.8 Å². The smallest absolute Gasteiger partial charge is 1.00 e. The molecule has 150 heavy (non-hydrogen) atoms. The molecule has 0 saturated heterocycles. The molecule has 822 valence electrons. The van der Waals surface area contributed by atoms with E-state index in [1.807, 2.05) is 188 Å². The largest absolute Gasteiger partial charge is 1.00 e.